The summed E-state index contributed by atoms with van der Waals surface area (Å²) in [6, 6.07) is 0. The van der Waals surface area contributed by atoms with Crippen LogP contribution < -0.4 is 0 Å². The zero-order valence-corrected chi connectivity index (χ0v) is 11.8. The van der Waals surface area contributed by atoms with E-state index < -0.39 is 11.4 Å². The molecule has 1 unspecified atom stereocenters. The van der Waals surface area contributed by atoms with Crippen molar-refractivity contribution in [2.75, 3.05) is 13.1 Å². The van der Waals surface area contributed by atoms with Crippen molar-refractivity contribution in [1.82, 2.24) is 19.9 Å². The Bertz CT molecular complexity index is 455. The van der Waals surface area contributed by atoms with Crippen molar-refractivity contribution in [3.8, 4) is 0 Å². The molecule has 0 saturated carbocycles. The first-order chi connectivity index (χ1) is 8.89. The number of carboxylic acid groups (broad SMARTS) is 1. The van der Waals surface area contributed by atoms with Crippen molar-refractivity contribution in [1.29, 1.82) is 0 Å². The normalized spacial score (nSPS) is 21.5. The Morgan fingerprint density at radius 3 is 2.89 bits per heavy atom. The highest BCUT2D eigenvalue weighted by Gasteiger charge is 2.39. The van der Waals surface area contributed by atoms with Crippen LogP contribution in [0.1, 0.15) is 32.4 Å². The summed E-state index contributed by atoms with van der Waals surface area (Å²) in [5.74, 6) is -0.519. The zero-order chi connectivity index (χ0) is 14.0. The van der Waals surface area contributed by atoms with Crippen LogP contribution in [0.5, 0.6) is 0 Å². The van der Waals surface area contributed by atoms with E-state index in [1.165, 1.54) is 0 Å². The van der Waals surface area contributed by atoms with Crippen LogP contribution in [-0.2, 0) is 18.4 Å². The maximum atomic E-state index is 11.3. The van der Waals surface area contributed by atoms with Gasteiger partial charge in [-0.1, -0.05) is 5.21 Å². The van der Waals surface area contributed by atoms with E-state index in [0.29, 0.717) is 0 Å². The number of carboxylic acids is 1. The minimum atomic E-state index is -0.709. The number of aliphatic carboxylic acids is 1. The number of rotatable bonds is 4. The first kappa shape index (κ1) is 14.0. The maximum Gasteiger partial charge on any atom is 0.309 e. The largest absolute Gasteiger partial charge is 0.481 e. The number of hydrogen-bond donors (Lipinski definition) is 1. The molecular formula is C13H22N4O2. The summed E-state index contributed by atoms with van der Waals surface area (Å²) in [6.07, 6.45) is 3.93. The SMILES string of the molecule is Cn1cc(CN2CCCC(C(C)(C)C(=O)O)C2)nn1. The lowest BCUT2D eigenvalue weighted by Crippen LogP contribution is -2.44. The van der Waals surface area contributed by atoms with Crippen LogP contribution in [0.25, 0.3) is 0 Å². The molecule has 1 N–H and O–H groups in total. The number of likely N-dealkylation sites (tertiary alicyclic amines) is 1. The highest BCUT2D eigenvalue weighted by molar-refractivity contribution is 5.74. The van der Waals surface area contributed by atoms with E-state index in [1.807, 2.05) is 27.1 Å². The smallest absolute Gasteiger partial charge is 0.309 e. The quantitative estimate of drug-likeness (QED) is 0.884. The second kappa shape index (κ2) is 5.28. The van der Waals surface area contributed by atoms with Crippen molar-refractivity contribution in [3.05, 3.63) is 11.9 Å². The van der Waals surface area contributed by atoms with Crippen molar-refractivity contribution in [2.45, 2.75) is 33.2 Å². The van der Waals surface area contributed by atoms with Gasteiger partial charge in [-0.25, -0.2) is 0 Å². The molecule has 2 rings (SSSR count). The molecule has 1 aliphatic heterocycles. The molecule has 1 atom stereocenters. The third-order valence-corrected chi connectivity index (χ3v) is 4.11. The maximum absolute atomic E-state index is 11.3. The van der Waals surface area contributed by atoms with Gasteiger partial charge in [0.15, 0.2) is 0 Å². The van der Waals surface area contributed by atoms with Gasteiger partial charge in [0.1, 0.15) is 0 Å². The van der Waals surface area contributed by atoms with Gasteiger partial charge < -0.3 is 5.11 Å². The first-order valence-corrected chi connectivity index (χ1v) is 6.70. The van der Waals surface area contributed by atoms with Gasteiger partial charge in [0, 0.05) is 26.3 Å². The Morgan fingerprint density at radius 1 is 1.58 bits per heavy atom. The molecule has 0 bridgehead atoms. The molecule has 0 amide bonds. The summed E-state index contributed by atoms with van der Waals surface area (Å²) in [7, 11) is 1.85. The van der Waals surface area contributed by atoms with Gasteiger partial charge in [-0.05, 0) is 39.2 Å². The van der Waals surface area contributed by atoms with E-state index in [0.717, 1.165) is 38.2 Å². The second-order valence-electron chi connectivity index (χ2n) is 5.98. The molecule has 6 heteroatoms. The fourth-order valence-electron chi connectivity index (χ4n) is 2.66. The van der Waals surface area contributed by atoms with Gasteiger partial charge in [-0.2, -0.15) is 0 Å². The van der Waals surface area contributed by atoms with Crippen LogP contribution in [0.4, 0.5) is 0 Å². The number of nitrogens with zero attached hydrogens (tertiary/aromatic N) is 4. The third kappa shape index (κ3) is 3.12. The Balaban J connectivity index is 1.99. The van der Waals surface area contributed by atoms with Crippen molar-refractivity contribution >= 4 is 5.97 Å². The highest BCUT2D eigenvalue weighted by Crippen LogP contribution is 2.34. The molecular weight excluding hydrogens is 244 g/mol. The summed E-state index contributed by atoms with van der Waals surface area (Å²) >= 11 is 0. The Kier molecular flexibility index (Phi) is 3.89. The van der Waals surface area contributed by atoms with Crippen LogP contribution >= 0.6 is 0 Å². The molecule has 1 fully saturated rings. The van der Waals surface area contributed by atoms with Crippen LogP contribution in [0.3, 0.4) is 0 Å². The molecule has 1 saturated heterocycles. The third-order valence-electron chi connectivity index (χ3n) is 4.11. The summed E-state index contributed by atoms with van der Waals surface area (Å²) < 4.78 is 1.69. The molecule has 0 aliphatic carbocycles. The minimum absolute atomic E-state index is 0.190. The number of aryl methyl sites for hydroxylation is 1. The summed E-state index contributed by atoms with van der Waals surface area (Å²) in [5, 5.41) is 17.3. The van der Waals surface area contributed by atoms with Crippen molar-refractivity contribution < 1.29 is 9.90 Å². The lowest BCUT2D eigenvalue weighted by Gasteiger charge is -2.38. The van der Waals surface area contributed by atoms with Crippen molar-refractivity contribution in [2.24, 2.45) is 18.4 Å². The van der Waals surface area contributed by atoms with E-state index in [4.69, 9.17) is 0 Å². The minimum Gasteiger partial charge on any atom is -0.481 e. The molecule has 0 radical (unpaired) electrons. The van der Waals surface area contributed by atoms with Crippen LogP contribution in [0.2, 0.25) is 0 Å². The average molecular weight is 266 g/mol. The van der Waals surface area contributed by atoms with E-state index in [-0.39, 0.29) is 5.92 Å². The lowest BCUT2D eigenvalue weighted by atomic mass is 9.74. The van der Waals surface area contributed by atoms with E-state index >= 15 is 0 Å². The summed E-state index contributed by atoms with van der Waals surface area (Å²) in [5.41, 5.74) is 0.275. The topological polar surface area (TPSA) is 71.2 Å². The molecule has 0 aromatic carbocycles. The van der Waals surface area contributed by atoms with Crippen molar-refractivity contribution in [3.63, 3.8) is 0 Å². The molecule has 1 aliphatic rings. The van der Waals surface area contributed by atoms with E-state index in [2.05, 4.69) is 15.2 Å². The molecule has 0 spiro atoms. The number of hydrogen-bond acceptors (Lipinski definition) is 4. The highest BCUT2D eigenvalue weighted by atomic mass is 16.4. The summed E-state index contributed by atoms with van der Waals surface area (Å²) in [6.45, 7) is 6.22. The lowest BCUT2D eigenvalue weighted by molar-refractivity contribution is -0.151. The molecule has 106 valence electrons. The molecule has 19 heavy (non-hydrogen) atoms. The van der Waals surface area contributed by atoms with Crippen LogP contribution in [-0.4, -0.2) is 44.1 Å². The predicted octanol–water partition coefficient (Wildman–Crippen LogP) is 1.14. The predicted molar refractivity (Wildman–Crippen MR) is 70.4 cm³/mol. The van der Waals surface area contributed by atoms with Gasteiger partial charge in [0.25, 0.3) is 0 Å². The van der Waals surface area contributed by atoms with E-state index in [1.54, 1.807) is 4.68 Å². The molecule has 6 nitrogen and oxygen atoms in total. The fourth-order valence-corrected chi connectivity index (χ4v) is 2.66. The average Bonchev–Trinajstić information content (AvgIpc) is 2.75. The number of carbonyl (C=O) groups is 1. The first-order valence-electron chi connectivity index (χ1n) is 6.70. The molecule has 1 aromatic rings. The van der Waals surface area contributed by atoms with Gasteiger partial charge >= 0.3 is 5.97 Å². The molecule has 2 heterocycles. The Morgan fingerprint density at radius 2 is 2.32 bits per heavy atom. The molecule has 1 aromatic heterocycles. The Hall–Kier alpha value is -1.43. The van der Waals surface area contributed by atoms with Gasteiger partial charge in [0.2, 0.25) is 0 Å². The van der Waals surface area contributed by atoms with Gasteiger partial charge in [0.05, 0.1) is 11.1 Å². The van der Waals surface area contributed by atoms with E-state index in [9.17, 15) is 9.90 Å². The van der Waals surface area contributed by atoms with Crippen LogP contribution in [0, 0.1) is 11.3 Å². The standard InChI is InChI=1S/C13H22N4O2/c1-13(2,12(18)19)10-5-4-6-17(7-10)9-11-8-16(3)15-14-11/h8,10H,4-7,9H2,1-3H3,(H,18,19). The fraction of sp³-hybridized carbons (Fsp3) is 0.769. The summed E-state index contributed by atoms with van der Waals surface area (Å²) in [4.78, 5) is 13.6. The Labute approximate surface area is 113 Å². The number of piperidine rings is 1. The van der Waals surface area contributed by atoms with Gasteiger partial charge in [-0.3, -0.25) is 14.4 Å². The van der Waals surface area contributed by atoms with Gasteiger partial charge in [-0.15, -0.1) is 5.10 Å². The number of aromatic nitrogens is 3. The second-order valence-corrected chi connectivity index (χ2v) is 5.98. The van der Waals surface area contributed by atoms with Crippen LogP contribution in [0.15, 0.2) is 6.20 Å². The monoisotopic (exact) mass is 266 g/mol. The zero-order valence-electron chi connectivity index (χ0n) is 11.8.